The fourth-order valence-electron chi connectivity index (χ4n) is 4.00. The van der Waals surface area contributed by atoms with Gasteiger partial charge in [0.2, 0.25) is 0 Å². The maximum Gasteiger partial charge on any atom is 0.259 e. The number of β-amino-alcohol motifs (C(OH)–C–C–N with tert-alkyl or cyclic N) is 1. The molecule has 0 aliphatic carbocycles. The van der Waals surface area contributed by atoms with Crippen molar-refractivity contribution >= 4 is 0 Å². The molecule has 0 bridgehead atoms. The number of aromatic nitrogens is 1. The van der Waals surface area contributed by atoms with E-state index in [1.165, 1.54) is 0 Å². The molecule has 1 saturated heterocycles. The third-order valence-corrected chi connectivity index (χ3v) is 5.42. The van der Waals surface area contributed by atoms with Gasteiger partial charge in [-0.1, -0.05) is 30.3 Å². The molecule has 6 heteroatoms. The predicted octanol–water partition coefficient (Wildman–Crippen LogP) is 1.58. The molecular weight excluding hydrogens is 342 g/mol. The molecular formula is C21H29N3O3. The Labute approximate surface area is 160 Å². The number of aliphatic hydroxyl groups excluding tert-OH is 1. The van der Waals surface area contributed by atoms with Crippen LogP contribution in [-0.2, 0) is 6.54 Å². The zero-order chi connectivity index (χ0) is 19.4. The molecule has 2 heterocycles. The lowest BCUT2D eigenvalue weighted by molar-refractivity contribution is 0.0932. The third kappa shape index (κ3) is 4.08. The molecule has 3 rings (SSSR count). The molecule has 1 aliphatic heterocycles. The van der Waals surface area contributed by atoms with Crippen LogP contribution in [0.4, 0.5) is 0 Å². The van der Waals surface area contributed by atoms with Gasteiger partial charge in [0.25, 0.3) is 5.56 Å². The van der Waals surface area contributed by atoms with Crippen LogP contribution >= 0.6 is 0 Å². The molecule has 1 atom stereocenters. The number of nitrogens with zero attached hydrogens (tertiary/aromatic N) is 3. The predicted molar refractivity (Wildman–Crippen MR) is 106 cm³/mol. The second kappa shape index (κ2) is 8.69. The number of hydrogen-bond donors (Lipinski definition) is 2. The van der Waals surface area contributed by atoms with Crippen molar-refractivity contribution in [2.75, 3.05) is 39.3 Å². The van der Waals surface area contributed by atoms with Crippen molar-refractivity contribution in [1.29, 1.82) is 0 Å². The van der Waals surface area contributed by atoms with Crippen LogP contribution < -0.4 is 5.56 Å². The van der Waals surface area contributed by atoms with Crippen molar-refractivity contribution in [1.82, 2.24) is 14.4 Å². The Bertz CT molecular complexity index is 811. The minimum absolute atomic E-state index is 0.0637. The Kier molecular flexibility index (Phi) is 6.31. The van der Waals surface area contributed by atoms with Crippen molar-refractivity contribution < 1.29 is 10.2 Å². The summed E-state index contributed by atoms with van der Waals surface area (Å²) in [5, 5.41) is 19.9. The fourth-order valence-corrected chi connectivity index (χ4v) is 4.00. The van der Waals surface area contributed by atoms with Gasteiger partial charge in [-0.3, -0.25) is 14.6 Å². The van der Waals surface area contributed by atoms with Crippen molar-refractivity contribution in [3.8, 4) is 5.75 Å². The lowest BCUT2D eigenvalue weighted by Crippen LogP contribution is -2.49. The first kappa shape index (κ1) is 19.6. The smallest absolute Gasteiger partial charge is 0.259 e. The van der Waals surface area contributed by atoms with Gasteiger partial charge in [0.1, 0.15) is 5.75 Å². The van der Waals surface area contributed by atoms with Crippen LogP contribution in [0.2, 0.25) is 0 Å². The lowest BCUT2D eigenvalue weighted by atomic mass is 9.96. The van der Waals surface area contributed by atoms with E-state index in [-0.39, 0.29) is 24.0 Å². The van der Waals surface area contributed by atoms with Gasteiger partial charge in [-0.05, 0) is 25.5 Å². The first-order chi connectivity index (χ1) is 13.1. The summed E-state index contributed by atoms with van der Waals surface area (Å²) in [7, 11) is 0. The number of benzene rings is 1. The summed E-state index contributed by atoms with van der Waals surface area (Å²) in [4.78, 5) is 17.7. The molecule has 0 saturated carbocycles. The number of piperazine rings is 1. The third-order valence-electron chi connectivity index (χ3n) is 5.42. The summed E-state index contributed by atoms with van der Waals surface area (Å²) >= 11 is 0. The number of aliphatic hydroxyl groups is 1. The topological polar surface area (TPSA) is 68.9 Å². The highest BCUT2D eigenvalue weighted by molar-refractivity contribution is 5.41. The minimum atomic E-state index is -0.284. The van der Waals surface area contributed by atoms with Crippen LogP contribution in [0, 0.1) is 6.92 Å². The van der Waals surface area contributed by atoms with Crippen LogP contribution in [0.5, 0.6) is 5.75 Å². The van der Waals surface area contributed by atoms with Gasteiger partial charge in [-0.2, -0.15) is 0 Å². The number of rotatable bonds is 6. The Morgan fingerprint density at radius 2 is 1.78 bits per heavy atom. The van der Waals surface area contributed by atoms with Gasteiger partial charge in [-0.25, -0.2) is 0 Å². The van der Waals surface area contributed by atoms with Gasteiger partial charge < -0.3 is 14.8 Å². The molecule has 0 spiro atoms. The summed E-state index contributed by atoms with van der Waals surface area (Å²) in [5.41, 5.74) is 2.10. The van der Waals surface area contributed by atoms with E-state index in [2.05, 4.69) is 9.80 Å². The average molecular weight is 371 g/mol. The summed E-state index contributed by atoms with van der Waals surface area (Å²) in [5.74, 6) is 0.0637. The highest BCUT2D eigenvalue weighted by Crippen LogP contribution is 2.33. The van der Waals surface area contributed by atoms with Gasteiger partial charge in [-0.15, -0.1) is 0 Å². The second-order valence-corrected chi connectivity index (χ2v) is 7.05. The number of pyridine rings is 1. The average Bonchev–Trinajstić information content (AvgIpc) is 2.67. The second-order valence-electron chi connectivity index (χ2n) is 7.05. The van der Waals surface area contributed by atoms with Crippen LogP contribution in [-0.4, -0.2) is 63.9 Å². The van der Waals surface area contributed by atoms with E-state index in [1.807, 2.05) is 44.2 Å². The quantitative estimate of drug-likeness (QED) is 0.807. The van der Waals surface area contributed by atoms with E-state index in [0.717, 1.165) is 37.4 Å². The maximum atomic E-state index is 13.2. The van der Waals surface area contributed by atoms with Crippen LogP contribution in [0.15, 0.2) is 41.2 Å². The first-order valence-corrected chi connectivity index (χ1v) is 9.62. The van der Waals surface area contributed by atoms with Crippen molar-refractivity contribution in [3.05, 3.63) is 63.6 Å². The molecule has 1 aromatic carbocycles. The molecule has 2 N–H and O–H groups in total. The molecule has 27 heavy (non-hydrogen) atoms. The minimum Gasteiger partial charge on any atom is -0.507 e. The van der Waals surface area contributed by atoms with Gasteiger partial charge >= 0.3 is 0 Å². The van der Waals surface area contributed by atoms with E-state index in [9.17, 15) is 15.0 Å². The van der Waals surface area contributed by atoms with E-state index in [4.69, 9.17) is 0 Å². The summed E-state index contributed by atoms with van der Waals surface area (Å²) < 4.78 is 1.72. The standard InChI is InChI=1S/C21H29N3O3/c1-3-24-16(2)15-18(26)19(21(24)27)20(17-7-5-4-6-8-17)23-11-9-22(10-12-23)13-14-25/h4-8,15,20,25-26H,3,9-14H2,1-2H3/t20-/m1/s1. The molecule has 0 radical (unpaired) electrons. The largest absolute Gasteiger partial charge is 0.507 e. The lowest BCUT2D eigenvalue weighted by Gasteiger charge is -2.39. The highest BCUT2D eigenvalue weighted by atomic mass is 16.3. The Balaban J connectivity index is 2.04. The zero-order valence-corrected chi connectivity index (χ0v) is 16.1. The van der Waals surface area contributed by atoms with Crippen molar-refractivity contribution in [3.63, 3.8) is 0 Å². The molecule has 1 aromatic heterocycles. The number of aromatic hydroxyl groups is 1. The van der Waals surface area contributed by atoms with E-state index >= 15 is 0 Å². The SMILES string of the molecule is CCn1c(C)cc(O)c([C@@H](c2ccccc2)N2CCN(CCO)CC2)c1=O. The molecule has 6 nitrogen and oxygen atoms in total. The Morgan fingerprint density at radius 3 is 2.37 bits per heavy atom. The molecule has 146 valence electrons. The number of aryl methyl sites for hydroxylation is 1. The highest BCUT2D eigenvalue weighted by Gasteiger charge is 2.31. The van der Waals surface area contributed by atoms with Gasteiger partial charge in [0.05, 0.1) is 18.2 Å². The number of hydrogen-bond acceptors (Lipinski definition) is 5. The Hall–Kier alpha value is -2.15. The normalized spacial score (nSPS) is 17.1. The summed E-state index contributed by atoms with van der Waals surface area (Å²) in [6.07, 6.45) is 0. The fraction of sp³-hybridized carbons (Fsp3) is 0.476. The first-order valence-electron chi connectivity index (χ1n) is 9.62. The van der Waals surface area contributed by atoms with Crippen LogP contribution in [0.3, 0.4) is 0 Å². The maximum absolute atomic E-state index is 13.2. The Morgan fingerprint density at radius 1 is 1.11 bits per heavy atom. The molecule has 1 aliphatic rings. The molecule has 2 aromatic rings. The van der Waals surface area contributed by atoms with Crippen LogP contribution in [0.25, 0.3) is 0 Å². The summed E-state index contributed by atoms with van der Waals surface area (Å²) in [6.45, 7) is 8.40. The van der Waals surface area contributed by atoms with Crippen molar-refractivity contribution in [2.24, 2.45) is 0 Å². The van der Waals surface area contributed by atoms with Crippen molar-refractivity contribution in [2.45, 2.75) is 26.4 Å². The molecule has 0 unspecified atom stereocenters. The van der Waals surface area contributed by atoms with Gasteiger partial charge in [0.15, 0.2) is 0 Å². The van der Waals surface area contributed by atoms with E-state index in [0.29, 0.717) is 18.7 Å². The van der Waals surface area contributed by atoms with E-state index < -0.39 is 0 Å². The van der Waals surface area contributed by atoms with Gasteiger partial charge in [0, 0.05) is 45.0 Å². The summed E-state index contributed by atoms with van der Waals surface area (Å²) in [6, 6.07) is 11.3. The molecule has 0 amide bonds. The van der Waals surface area contributed by atoms with Crippen LogP contribution in [0.1, 0.15) is 29.8 Å². The zero-order valence-electron chi connectivity index (χ0n) is 16.1. The monoisotopic (exact) mass is 371 g/mol. The molecule has 1 fully saturated rings. The van der Waals surface area contributed by atoms with E-state index in [1.54, 1.807) is 10.6 Å².